The predicted octanol–water partition coefficient (Wildman–Crippen LogP) is 4.16. The Morgan fingerprint density at radius 3 is 2.41 bits per heavy atom. The van der Waals surface area contributed by atoms with Crippen LogP contribution in [0.15, 0.2) is 72.8 Å². The number of hydrogen-bond donors (Lipinski definition) is 1. The van der Waals surface area contributed by atoms with Crippen LogP contribution in [-0.4, -0.2) is 11.1 Å². The van der Waals surface area contributed by atoms with Gasteiger partial charge in [0.2, 0.25) is 0 Å². The molecule has 0 radical (unpaired) electrons. The molecule has 0 heterocycles. The summed E-state index contributed by atoms with van der Waals surface area (Å²) in [7, 11) is 0. The van der Waals surface area contributed by atoms with Crippen molar-refractivity contribution in [2.24, 2.45) is 0 Å². The van der Waals surface area contributed by atoms with Crippen molar-refractivity contribution in [1.82, 2.24) is 0 Å². The van der Waals surface area contributed by atoms with Crippen molar-refractivity contribution in [3.8, 4) is 11.5 Å². The molecule has 0 unspecified atom stereocenters. The molecule has 1 N–H and O–H groups in total. The van der Waals surface area contributed by atoms with E-state index in [1.165, 1.54) is 6.08 Å². The topological polar surface area (TPSA) is 46.5 Å². The summed E-state index contributed by atoms with van der Waals surface area (Å²) < 4.78 is 5.37. The average molecular weight is 290 g/mol. The molecule has 3 aromatic carbocycles. The molecular formula is C19H14O3. The number of aromatic hydroxyl groups is 1. The van der Waals surface area contributed by atoms with Crippen LogP contribution in [0.1, 0.15) is 5.56 Å². The van der Waals surface area contributed by atoms with Gasteiger partial charge in [-0.25, -0.2) is 4.79 Å². The lowest BCUT2D eigenvalue weighted by Gasteiger charge is -2.07. The summed E-state index contributed by atoms with van der Waals surface area (Å²) in [5.74, 6) is 0.131. The Balaban J connectivity index is 1.83. The third-order valence-corrected chi connectivity index (χ3v) is 3.28. The lowest BCUT2D eigenvalue weighted by Crippen LogP contribution is -2.03. The Hall–Kier alpha value is -3.07. The number of carbonyl (C=O) groups is 1. The lowest BCUT2D eigenvalue weighted by atomic mass is 10.1. The second kappa shape index (κ2) is 6.14. The first-order valence-electron chi connectivity index (χ1n) is 6.90. The fourth-order valence-electron chi connectivity index (χ4n) is 2.22. The minimum absolute atomic E-state index is 0.162. The fourth-order valence-corrected chi connectivity index (χ4v) is 2.22. The summed E-state index contributed by atoms with van der Waals surface area (Å²) in [6.45, 7) is 0. The molecule has 0 atom stereocenters. The highest BCUT2D eigenvalue weighted by molar-refractivity contribution is 5.96. The van der Waals surface area contributed by atoms with Gasteiger partial charge in [-0.15, -0.1) is 0 Å². The highest BCUT2D eigenvalue weighted by atomic mass is 16.5. The molecule has 0 bridgehead atoms. The molecule has 0 aliphatic carbocycles. The summed E-state index contributed by atoms with van der Waals surface area (Å²) in [5, 5.41) is 11.2. The average Bonchev–Trinajstić information content (AvgIpc) is 2.55. The first kappa shape index (κ1) is 13.9. The molecule has 0 saturated heterocycles. The highest BCUT2D eigenvalue weighted by Gasteiger charge is 2.07. The fraction of sp³-hybridized carbons (Fsp3) is 0. The molecule has 3 aromatic rings. The second-order valence-electron chi connectivity index (χ2n) is 4.79. The van der Waals surface area contributed by atoms with Crippen molar-refractivity contribution in [2.75, 3.05) is 0 Å². The van der Waals surface area contributed by atoms with Crippen molar-refractivity contribution in [3.63, 3.8) is 0 Å². The quantitative estimate of drug-likeness (QED) is 0.447. The Morgan fingerprint density at radius 1 is 0.864 bits per heavy atom. The zero-order valence-corrected chi connectivity index (χ0v) is 11.8. The largest absolute Gasteiger partial charge is 0.507 e. The van der Waals surface area contributed by atoms with Gasteiger partial charge in [0.15, 0.2) is 0 Å². The van der Waals surface area contributed by atoms with Crippen LogP contribution in [0.2, 0.25) is 0 Å². The van der Waals surface area contributed by atoms with Gasteiger partial charge in [-0.2, -0.15) is 0 Å². The Kier molecular flexibility index (Phi) is 3.88. The Bertz CT molecular complexity index is 836. The van der Waals surface area contributed by atoms with E-state index in [2.05, 4.69) is 0 Å². The molecule has 0 spiro atoms. The molecule has 0 fully saturated rings. The number of hydrogen-bond acceptors (Lipinski definition) is 3. The first-order chi connectivity index (χ1) is 10.7. The lowest BCUT2D eigenvalue weighted by molar-refractivity contribution is -0.128. The maximum absolute atomic E-state index is 11.9. The van der Waals surface area contributed by atoms with Crippen LogP contribution < -0.4 is 4.74 Å². The number of phenolic OH excluding ortho intramolecular Hbond substituents is 1. The number of esters is 1. The highest BCUT2D eigenvalue weighted by Crippen LogP contribution is 2.31. The molecule has 0 amide bonds. The molecule has 3 nitrogen and oxygen atoms in total. The molecule has 3 heteroatoms. The van der Waals surface area contributed by atoms with Gasteiger partial charge >= 0.3 is 5.97 Å². The third-order valence-electron chi connectivity index (χ3n) is 3.28. The first-order valence-corrected chi connectivity index (χ1v) is 6.90. The maximum atomic E-state index is 11.9. The number of ether oxygens (including phenoxy) is 1. The molecule has 0 aromatic heterocycles. The minimum atomic E-state index is -0.459. The molecule has 0 saturated carbocycles. The van der Waals surface area contributed by atoms with Crippen molar-refractivity contribution in [2.45, 2.75) is 0 Å². The summed E-state index contributed by atoms with van der Waals surface area (Å²) in [6.07, 6.45) is 3.09. The van der Waals surface area contributed by atoms with Gasteiger partial charge in [-0.3, -0.25) is 0 Å². The van der Waals surface area contributed by atoms with Crippen molar-refractivity contribution >= 4 is 22.8 Å². The normalized spacial score (nSPS) is 10.9. The molecular weight excluding hydrogens is 276 g/mol. The van der Waals surface area contributed by atoms with Crippen LogP contribution in [0.4, 0.5) is 0 Å². The number of phenols is 1. The standard InChI is InChI=1S/C19H14O3/c20-17-10-4-9-16-15(17)8-5-11-18(16)22-19(21)13-12-14-6-2-1-3-7-14/h1-13,20H. The number of benzene rings is 3. The van der Waals surface area contributed by atoms with Gasteiger partial charge in [0.05, 0.1) is 0 Å². The van der Waals surface area contributed by atoms with Gasteiger partial charge in [-0.1, -0.05) is 54.6 Å². The number of rotatable bonds is 3. The van der Waals surface area contributed by atoms with Crippen LogP contribution in [-0.2, 0) is 4.79 Å². The van der Waals surface area contributed by atoms with Gasteiger partial charge < -0.3 is 9.84 Å². The van der Waals surface area contributed by atoms with Crippen LogP contribution in [0.25, 0.3) is 16.8 Å². The van der Waals surface area contributed by atoms with E-state index in [9.17, 15) is 9.90 Å². The van der Waals surface area contributed by atoms with E-state index in [-0.39, 0.29) is 5.75 Å². The number of fused-ring (bicyclic) bond motifs is 1. The maximum Gasteiger partial charge on any atom is 0.336 e. The van der Waals surface area contributed by atoms with E-state index >= 15 is 0 Å². The van der Waals surface area contributed by atoms with Crippen molar-refractivity contribution in [3.05, 3.63) is 78.4 Å². The van der Waals surface area contributed by atoms with Gasteiger partial charge in [-0.05, 0) is 23.8 Å². The van der Waals surface area contributed by atoms with Crippen LogP contribution >= 0.6 is 0 Å². The third kappa shape index (κ3) is 2.99. The van der Waals surface area contributed by atoms with Crippen LogP contribution in [0.5, 0.6) is 11.5 Å². The van der Waals surface area contributed by atoms with Crippen molar-refractivity contribution < 1.29 is 14.6 Å². The Labute approximate surface area is 128 Å². The second-order valence-corrected chi connectivity index (χ2v) is 4.79. The summed E-state index contributed by atoms with van der Waals surface area (Å²) in [4.78, 5) is 11.9. The molecule has 108 valence electrons. The summed E-state index contributed by atoms with van der Waals surface area (Å²) in [6, 6.07) is 19.9. The molecule has 0 aliphatic rings. The van der Waals surface area contributed by atoms with E-state index in [1.54, 1.807) is 42.5 Å². The van der Waals surface area contributed by atoms with E-state index < -0.39 is 5.97 Å². The van der Waals surface area contributed by atoms with E-state index in [0.717, 1.165) is 5.56 Å². The zero-order valence-electron chi connectivity index (χ0n) is 11.8. The van der Waals surface area contributed by atoms with Crippen LogP contribution in [0, 0.1) is 0 Å². The predicted molar refractivity (Wildman–Crippen MR) is 86.7 cm³/mol. The molecule has 3 rings (SSSR count). The van der Waals surface area contributed by atoms with Crippen molar-refractivity contribution in [1.29, 1.82) is 0 Å². The SMILES string of the molecule is O=C(C=Cc1ccccc1)Oc1cccc2c(O)cccc12. The van der Waals surface area contributed by atoms with Crippen LogP contribution in [0.3, 0.4) is 0 Å². The van der Waals surface area contributed by atoms with Gasteiger partial charge in [0.25, 0.3) is 0 Å². The van der Waals surface area contributed by atoms with Gasteiger partial charge in [0.1, 0.15) is 11.5 Å². The smallest absolute Gasteiger partial charge is 0.336 e. The number of carbonyl (C=O) groups excluding carboxylic acids is 1. The molecule has 22 heavy (non-hydrogen) atoms. The van der Waals surface area contributed by atoms with E-state index in [1.807, 2.05) is 30.3 Å². The Morgan fingerprint density at radius 2 is 1.59 bits per heavy atom. The van der Waals surface area contributed by atoms with Gasteiger partial charge in [0, 0.05) is 16.8 Å². The monoisotopic (exact) mass is 290 g/mol. The molecule has 0 aliphatic heterocycles. The summed E-state index contributed by atoms with van der Waals surface area (Å²) in [5.41, 5.74) is 0.926. The van der Waals surface area contributed by atoms with E-state index in [4.69, 9.17) is 4.74 Å². The van der Waals surface area contributed by atoms with E-state index in [0.29, 0.717) is 16.5 Å². The summed E-state index contributed by atoms with van der Waals surface area (Å²) >= 11 is 0. The minimum Gasteiger partial charge on any atom is -0.507 e. The zero-order chi connectivity index (χ0) is 15.4.